The van der Waals surface area contributed by atoms with Crippen molar-refractivity contribution in [2.24, 2.45) is 0 Å². The summed E-state index contributed by atoms with van der Waals surface area (Å²) in [4.78, 5) is 26.4. The molecule has 5 heteroatoms. The molecule has 23 heavy (non-hydrogen) atoms. The Morgan fingerprint density at radius 3 is 2.83 bits per heavy atom. The maximum Gasteiger partial charge on any atom is 0.237 e. The minimum atomic E-state index is -0.100. The Balaban J connectivity index is 1.63. The summed E-state index contributed by atoms with van der Waals surface area (Å²) in [6.07, 6.45) is 0.921. The fraction of sp³-hybridized carbons (Fsp3) is 0.222. The van der Waals surface area contributed by atoms with Gasteiger partial charge < -0.3 is 10.2 Å². The lowest BCUT2D eigenvalue weighted by Gasteiger charge is -2.17. The van der Waals surface area contributed by atoms with Crippen molar-refractivity contribution >= 4 is 35.0 Å². The highest BCUT2D eigenvalue weighted by atomic mass is 32.2. The van der Waals surface area contributed by atoms with Crippen molar-refractivity contribution in [2.75, 3.05) is 22.5 Å². The van der Waals surface area contributed by atoms with Gasteiger partial charge in [0, 0.05) is 29.7 Å². The van der Waals surface area contributed by atoms with Crippen LogP contribution in [0.5, 0.6) is 0 Å². The van der Waals surface area contributed by atoms with Crippen LogP contribution in [0.25, 0.3) is 0 Å². The van der Waals surface area contributed by atoms with Gasteiger partial charge in [0.25, 0.3) is 0 Å². The van der Waals surface area contributed by atoms with Crippen molar-refractivity contribution in [3.05, 3.63) is 54.1 Å². The zero-order valence-corrected chi connectivity index (χ0v) is 13.7. The monoisotopic (exact) mass is 326 g/mol. The van der Waals surface area contributed by atoms with Crippen LogP contribution in [0.3, 0.4) is 0 Å². The van der Waals surface area contributed by atoms with E-state index >= 15 is 0 Å². The molecule has 3 rings (SSSR count). The van der Waals surface area contributed by atoms with Crippen LogP contribution in [-0.4, -0.2) is 24.1 Å². The van der Waals surface area contributed by atoms with Gasteiger partial charge in [-0.05, 0) is 36.2 Å². The number of nitrogens with one attached hydrogen (secondary N) is 1. The third-order valence-corrected chi connectivity index (χ3v) is 4.68. The van der Waals surface area contributed by atoms with Crippen LogP contribution in [0, 0.1) is 0 Å². The Morgan fingerprint density at radius 1 is 1.17 bits per heavy atom. The average Bonchev–Trinajstić information content (AvgIpc) is 2.96. The van der Waals surface area contributed by atoms with Gasteiger partial charge in [-0.15, -0.1) is 11.8 Å². The van der Waals surface area contributed by atoms with E-state index in [0.717, 1.165) is 29.2 Å². The van der Waals surface area contributed by atoms with Crippen molar-refractivity contribution < 1.29 is 9.59 Å². The van der Waals surface area contributed by atoms with Gasteiger partial charge in [-0.25, -0.2) is 0 Å². The molecule has 1 N–H and O–H groups in total. The number of hydrogen-bond donors (Lipinski definition) is 1. The Bertz CT molecular complexity index is 745. The van der Waals surface area contributed by atoms with E-state index in [0.29, 0.717) is 5.75 Å². The summed E-state index contributed by atoms with van der Waals surface area (Å²) in [5.74, 6) is 0.402. The number of carbonyl (C=O) groups excluding carboxylic acids is 2. The molecule has 2 amide bonds. The minimum Gasteiger partial charge on any atom is -0.326 e. The highest BCUT2D eigenvalue weighted by Crippen LogP contribution is 2.29. The lowest BCUT2D eigenvalue weighted by molar-refractivity contribution is -0.116. The van der Waals surface area contributed by atoms with Crippen molar-refractivity contribution in [1.82, 2.24) is 0 Å². The van der Waals surface area contributed by atoms with Gasteiger partial charge in [0.2, 0.25) is 11.8 Å². The highest BCUT2D eigenvalue weighted by molar-refractivity contribution is 8.00. The molecule has 2 aromatic carbocycles. The Hall–Kier alpha value is -2.27. The standard InChI is InChI=1S/C18H18N2O2S/c1-13(21)19-15-6-4-7-16(11-15)23-12-18(22)20-10-9-14-5-2-3-8-17(14)20/h2-8,11H,9-10,12H2,1H3,(H,19,21). The van der Waals surface area contributed by atoms with E-state index < -0.39 is 0 Å². The maximum atomic E-state index is 12.5. The Morgan fingerprint density at radius 2 is 2.00 bits per heavy atom. The molecule has 0 atom stereocenters. The van der Waals surface area contributed by atoms with E-state index in [9.17, 15) is 9.59 Å². The summed E-state index contributed by atoms with van der Waals surface area (Å²) in [6, 6.07) is 15.6. The Kier molecular flexibility index (Phi) is 4.67. The lowest BCUT2D eigenvalue weighted by Crippen LogP contribution is -2.30. The van der Waals surface area contributed by atoms with Crippen LogP contribution in [0.4, 0.5) is 11.4 Å². The second kappa shape index (κ2) is 6.87. The maximum absolute atomic E-state index is 12.5. The molecule has 0 spiro atoms. The number of carbonyl (C=O) groups is 2. The SMILES string of the molecule is CC(=O)Nc1cccc(SCC(=O)N2CCc3ccccc32)c1. The summed E-state index contributed by atoms with van der Waals surface area (Å²) in [5, 5.41) is 2.75. The first-order chi connectivity index (χ1) is 11.1. The fourth-order valence-corrected chi connectivity index (χ4v) is 3.52. The van der Waals surface area contributed by atoms with E-state index in [1.165, 1.54) is 24.2 Å². The number of amides is 2. The largest absolute Gasteiger partial charge is 0.326 e. The first kappa shape index (κ1) is 15.6. The van der Waals surface area contributed by atoms with Gasteiger partial charge >= 0.3 is 0 Å². The zero-order chi connectivity index (χ0) is 16.2. The summed E-state index contributed by atoms with van der Waals surface area (Å²) >= 11 is 1.49. The predicted octanol–water partition coefficient (Wildman–Crippen LogP) is 3.33. The molecular formula is C18H18N2O2S. The second-order valence-corrected chi connectivity index (χ2v) is 6.47. The summed E-state index contributed by atoms with van der Waals surface area (Å²) < 4.78 is 0. The molecule has 2 aromatic rings. The number of para-hydroxylation sites is 1. The van der Waals surface area contributed by atoms with Crippen molar-refractivity contribution in [3.63, 3.8) is 0 Å². The van der Waals surface area contributed by atoms with Gasteiger partial charge in [-0.1, -0.05) is 24.3 Å². The predicted molar refractivity (Wildman–Crippen MR) is 94.0 cm³/mol. The molecule has 0 aliphatic carbocycles. The van der Waals surface area contributed by atoms with Crippen LogP contribution >= 0.6 is 11.8 Å². The van der Waals surface area contributed by atoms with Crippen LogP contribution in [0.2, 0.25) is 0 Å². The number of rotatable bonds is 4. The third-order valence-electron chi connectivity index (χ3n) is 3.70. The molecule has 0 aromatic heterocycles. The van der Waals surface area contributed by atoms with Crippen molar-refractivity contribution in [1.29, 1.82) is 0 Å². The topological polar surface area (TPSA) is 49.4 Å². The summed E-state index contributed by atoms with van der Waals surface area (Å²) in [5.41, 5.74) is 3.02. The molecule has 1 heterocycles. The molecule has 0 radical (unpaired) electrons. The normalized spacial score (nSPS) is 12.8. The molecule has 1 aliphatic rings. The number of benzene rings is 2. The third kappa shape index (κ3) is 3.74. The molecule has 0 unspecified atom stereocenters. The molecule has 0 saturated heterocycles. The van der Waals surface area contributed by atoms with Crippen molar-refractivity contribution in [3.8, 4) is 0 Å². The van der Waals surface area contributed by atoms with E-state index in [2.05, 4.69) is 11.4 Å². The zero-order valence-electron chi connectivity index (χ0n) is 12.9. The first-order valence-electron chi connectivity index (χ1n) is 7.52. The minimum absolute atomic E-state index is 0.100. The molecule has 0 saturated carbocycles. The Labute approximate surface area is 139 Å². The van der Waals surface area contributed by atoms with E-state index in [-0.39, 0.29) is 11.8 Å². The number of thioether (sulfide) groups is 1. The summed E-state index contributed by atoms with van der Waals surface area (Å²) in [6.45, 7) is 2.23. The van der Waals surface area contributed by atoms with Gasteiger partial charge in [-0.3, -0.25) is 9.59 Å². The number of hydrogen-bond acceptors (Lipinski definition) is 3. The first-order valence-corrected chi connectivity index (χ1v) is 8.51. The van der Waals surface area contributed by atoms with E-state index in [4.69, 9.17) is 0 Å². The molecule has 118 valence electrons. The van der Waals surface area contributed by atoms with Crippen LogP contribution < -0.4 is 10.2 Å². The quantitative estimate of drug-likeness (QED) is 0.877. The van der Waals surface area contributed by atoms with Crippen LogP contribution in [0.15, 0.2) is 53.4 Å². The van der Waals surface area contributed by atoms with E-state index in [1.54, 1.807) is 0 Å². The number of anilines is 2. The van der Waals surface area contributed by atoms with Gasteiger partial charge in [0.1, 0.15) is 0 Å². The fourth-order valence-electron chi connectivity index (χ4n) is 2.69. The molecule has 1 aliphatic heterocycles. The van der Waals surface area contributed by atoms with Gasteiger partial charge in [0.05, 0.1) is 5.75 Å². The van der Waals surface area contributed by atoms with E-state index in [1.807, 2.05) is 47.4 Å². The highest BCUT2D eigenvalue weighted by Gasteiger charge is 2.23. The number of nitrogens with zero attached hydrogens (tertiary/aromatic N) is 1. The molecule has 4 nitrogen and oxygen atoms in total. The van der Waals surface area contributed by atoms with Gasteiger partial charge in [0.15, 0.2) is 0 Å². The van der Waals surface area contributed by atoms with Crippen LogP contribution in [-0.2, 0) is 16.0 Å². The molecule has 0 bridgehead atoms. The lowest BCUT2D eigenvalue weighted by atomic mass is 10.2. The van der Waals surface area contributed by atoms with Crippen LogP contribution in [0.1, 0.15) is 12.5 Å². The smallest absolute Gasteiger partial charge is 0.237 e. The summed E-state index contributed by atoms with van der Waals surface area (Å²) in [7, 11) is 0. The van der Waals surface area contributed by atoms with Crippen molar-refractivity contribution in [2.45, 2.75) is 18.2 Å². The van der Waals surface area contributed by atoms with Gasteiger partial charge in [-0.2, -0.15) is 0 Å². The average molecular weight is 326 g/mol. The molecule has 0 fully saturated rings. The second-order valence-electron chi connectivity index (χ2n) is 5.42. The number of fused-ring (bicyclic) bond motifs is 1. The molecular weight excluding hydrogens is 308 g/mol.